The molecular formula is C28H33BN2O4. The first kappa shape index (κ1) is 22.8. The molecule has 6 rings (SSSR count). The minimum atomic E-state index is -1.07. The number of aryl methyl sites for hydroxylation is 2. The molecule has 0 saturated carbocycles. The van der Waals surface area contributed by atoms with Crippen LogP contribution in [0.4, 0.5) is 4.79 Å². The summed E-state index contributed by atoms with van der Waals surface area (Å²) < 4.78 is 12.6. The maximum absolute atomic E-state index is 14.0. The quantitative estimate of drug-likeness (QED) is 0.510. The first-order chi connectivity index (χ1) is 16.5. The van der Waals surface area contributed by atoms with Crippen molar-refractivity contribution < 1.29 is 18.9 Å². The summed E-state index contributed by atoms with van der Waals surface area (Å²) in [5, 5.41) is 3.21. The summed E-state index contributed by atoms with van der Waals surface area (Å²) in [5.41, 5.74) is 3.22. The fourth-order valence-electron chi connectivity index (χ4n) is 6.66. The number of rotatable bonds is 1. The monoisotopic (exact) mass is 472 g/mol. The molecule has 3 amide bonds. The van der Waals surface area contributed by atoms with Crippen LogP contribution < -0.4 is 10.8 Å². The SMILES string of the molecule is CN1C(=O)NC2(C1=O)c1cc(B3OC(C)(C)C(C)(C)O3)ccc1CC21CCc2ccccc2CC1. The number of fused-ring (bicyclic) bond motifs is 4. The van der Waals surface area contributed by atoms with E-state index in [1.165, 1.54) is 16.0 Å². The Labute approximate surface area is 207 Å². The van der Waals surface area contributed by atoms with Gasteiger partial charge in [-0.3, -0.25) is 9.69 Å². The number of hydrogen-bond donors (Lipinski definition) is 1. The van der Waals surface area contributed by atoms with Gasteiger partial charge in [-0.15, -0.1) is 0 Å². The molecule has 35 heavy (non-hydrogen) atoms. The zero-order chi connectivity index (χ0) is 24.8. The molecule has 0 radical (unpaired) electrons. The summed E-state index contributed by atoms with van der Waals surface area (Å²) in [6, 6.07) is 14.5. The van der Waals surface area contributed by atoms with Crippen LogP contribution in [-0.4, -0.2) is 42.2 Å². The van der Waals surface area contributed by atoms with E-state index in [-0.39, 0.29) is 17.4 Å². The van der Waals surface area contributed by atoms with Crippen molar-refractivity contribution in [3.05, 3.63) is 64.7 Å². The fourth-order valence-corrected chi connectivity index (χ4v) is 6.66. The highest BCUT2D eigenvalue weighted by molar-refractivity contribution is 6.62. The van der Waals surface area contributed by atoms with Crippen molar-refractivity contribution in [3.63, 3.8) is 0 Å². The zero-order valence-electron chi connectivity index (χ0n) is 21.2. The van der Waals surface area contributed by atoms with E-state index >= 15 is 0 Å². The van der Waals surface area contributed by atoms with E-state index in [1.54, 1.807) is 7.05 Å². The summed E-state index contributed by atoms with van der Waals surface area (Å²) in [6.45, 7) is 8.15. The largest absolute Gasteiger partial charge is 0.494 e. The second-order valence-electron chi connectivity index (χ2n) is 11.8. The molecule has 2 saturated heterocycles. The highest BCUT2D eigenvalue weighted by Gasteiger charge is 2.67. The molecule has 4 aliphatic rings. The number of urea groups is 1. The van der Waals surface area contributed by atoms with Gasteiger partial charge in [-0.2, -0.15) is 0 Å². The molecule has 1 N–H and O–H groups in total. The second kappa shape index (κ2) is 7.20. The smallest absolute Gasteiger partial charge is 0.399 e. The molecule has 2 aliphatic heterocycles. The molecule has 1 atom stereocenters. The average Bonchev–Trinajstić information content (AvgIpc) is 3.23. The van der Waals surface area contributed by atoms with E-state index in [1.807, 2.05) is 27.7 Å². The first-order valence-electron chi connectivity index (χ1n) is 12.7. The van der Waals surface area contributed by atoms with E-state index in [4.69, 9.17) is 9.31 Å². The predicted molar refractivity (Wildman–Crippen MR) is 134 cm³/mol. The summed E-state index contributed by atoms with van der Waals surface area (Å²) >= 11 is 0. The molecule has 6 nitrogen and oxygen atoms in total. The standard InChI is InChI=1S/C28H33BN2O4/c1-25(2)26(3,4)35-29(34-25)21-11-10-20-17-27(14-12-18-8-6-7-9-19(18)13-15-27)28(22(20)16-21)23(32)31(5)24(33)30-28/h6-11,16H,12-15,17H2,1-5H3,(H,30,33). The molecule has 7 heteroatoms. The summed E-state index contributed by atoms with van der Waals surface area (Å²) in [6.07, 6.45) is 4.22. The minimum Gasteiger partial charge on any atom is -0.399 e. The van der Waals surface area contributed by atoms with Crippen molar-refractivity contribution in [3.8, 4) is 0 Å². The molecular weight excluding hydrogens is 439 g/mol. The number of nitrogens with zero attached hydrogens (tertiary/aromatic N) is 1. The van der Waals surface area contributed by atoms with Gasteiger partial charge in [0, 0.05) is 12.5 Å². The van der Waals surface area contributed by atoms with Crippen LogP contribution >= 0.6 is 0 Å². The Morgan fingerprint density at radius 2 is 1.49 bits per heavy atom. The molecule has 2 heterocycles. The van der Waals surface area contributed by atoms with Gasteiger partial charge < -0.3 is 14.6 Å². The van der Waals surface area contributed by atoms with Crippen LogP contribution in [-0.2, 0) is 38.9 Å². The lowest BCUT2D eigenvalue weighted by Gasteiger charge is -2.42. The Bertz CT molecular complexity index is 1210. The van der Waals surface area contributed by atoms with Crippen molar-refractivity contribution in [1.82, 2.24) is 10.2 Å². The Balaban J connectivity index is 1.46. The first-order valence-corrected chi connectivity index (χ1v) is 12.7. The van der Waals surface area contributed by atoms with Crippen molar-refractivity contribution in [1.29, 1.82) is 0 Å². The summed E-state index contributed by atoms with van der Waals surface area (Å²) in [7, 11) is 1.06. The zero-order valence-corrected chi connectivity index (χ0v) is 21.2. The Hall–Kier alpha value is -2.64. The second-order valence-corrected chi connectivity index (χ2v) is 11.8. The van der Waals surface area contributed by atoms with E-state index in [2.05, 4.69) is 47.8 Å². The number of amides is 3. The van der Waals surface area contributed by atoms with Gasteiger partial charge in [-0.1, -0.05) is 42.5 Å². The number of nitrogens with one attached hydrogen (secondary N) is 1. The molecule has 1 unspecified atom stereocenters. The van der Waals surface area contributed by atoms with Crippen LogP contribution in [0.3, 0.4) is 0 Å². The number of hydrogen-bond acceptors (Lipinski definition) is 4. The van der Waals surface area contributed by atoms with Crippen LogP contribution in [0.5, 0.6) is 0 Å². The lowest BCUT2D eigenvalue weighted by atomic mass is 9.64. The average molecular weight is 472 g/mol. The minimum absolute atomic E-state index is 0.154. The number of imide groups is 1. The number of carbonyl (C=O) groups excluding carboxylic acids is 2. The summed E-state index contributed by atoms with van der Waals surface area (Å²) in [5.74, 6) is -0.154. The predicted octanol–water partition coefficient (Wildman–Crippen LogP) is 3.48. The van der Waals surface area contributed by atoms with Gasteiger partial charge >= 0.3 is 13.1 Å². The summed E-state index contributed by atoms with van der Waals surface area (Å²) in [4.78, 5) is 28.2. The van der Waals surface area contributed by atoms with E-state index in [0.29, 0.717) is 0 Å². The van der Waals surface area contributed by atoms with E-state index in [9.17, 15) is 9.59 Å². The van der Waals surface area contributed by atoms with Crippen molar-refractivity contribution in [2.75, 3.05) is 7.05 Å². The molecule has 2 aromatic carbocycles. The number of carbonyl (C=O) groups is 2. The fraction of sp³-hybridized carbons (Fsp3) is 0.500. The Morgan fingerprint density at radius 3 is 2.03 bits per heavy atom. The number of likely N-dealkylation sites (N-methyl/N-ethyl adjacent to an activating group) is 1. The van der Waals surface area contributed by atoms with Crippen LogP contribution in [0.15, 0.2) is 42.5 Å². The van der Waals surface area contributed by atoms with Gasteiger partial charge in [0.05, 0.1) is 11.2 Å². The molecule has 182 valence electrons. The maximum atomic E-state index is 14.0. The van der Waals surface area contributed by atoms with Crippen LogP contribution in [0.1, 0.15) is 62.8 Å². The maximum Gasteiger partial charge on any atom is 0.494 e. The van der Waals surface area contributed by atoms with E-state index < -0.39 is 23.9 Å². The van der Waals surface area contributed by atoms with Gasteiger partial charge in [0.2, 0.25) is 0 Å². The third kappa shape index (κ3) is 2.97. The van der Waals surface area contributed by atoms with Gasteiger partial charge in [0.25, 0.3) is 5.91 Å². The molecule has 2 aliphatic carbocycles. The third-order valence-electron chi connectivity index (χ3n) is 9.48. The van der Waals surface area contributed by atoms with Crippen molar-refractivity contribution in [2.24, 2.45) is 5.41 Å². The molecule has 0 bridgehead atoms. The lowest BCUT2D eigenvalue weighted by Crippen LogP contribution is -2.55. The molecule has 2 aromatic rings. The Morgan fingerprint density at radius 1 is 0.886 bits per heavy atom. The highest BCUT2D eigenvalue weighted by Crippen LogP contribution is 2.58. The topological polar surface area (TPSA) is 67.9 Å². The normalized spacial score (nSPS) is 27.8. The van der Waals surface area contributed by atoms with Crippen molar-refractivity contribution in [2.45, 2.75) is 76.5 Å². The highest BCUT2D eigenvalue weighted by atomic mass is 16.7. The lowest BCUT2D eigenvalue weighted by molar-refractivity contribution is -0.135. The van der Waals surface area contributed by atoms with Crippen LogP contribution in [0, 0.1) is 5.41 Å². The molecule has 2 spiro atoms. The molecule has 0 aromatic heterocycles. The van der Waals surface area contributed by atoms with Gasteiger partial charge in [0.15, 0.2) is 5.54 Å². The van der Waals surface area contributed by atoms with Crippen LogP contribution in [0.25, 0.3) is 0 Å². The van der Waals surface area contributed by atoms with Crippen LogP contribution in [0.2, 0.25) is 0 Å². The number of benzene rings is 2. The Kier molecular flexibility index (Phi) is 4.69. The van der Waals surface area contributed by atoms with Gasteiger partial charge in [0.1, 0.15) is 0 Å². The third-order valence-corrected chi connectivity index (χ3v) is 9.48. The van der Waals surface area contributed by atoms with E-state index in [0.717, 1.165) is 48.7 Å². The van der Waals surface area contributed by atoms with Gasteiger partial charge in [-0.25, -0.2) is 4.79 Å². The molecule has 2 fully saturated rings. The van der Waals surface area contributed by atoms with Gasteiger partial charge in [-0.05, 0) is 87.5 Å². The van der Waals surface area contributed by atoms with Crippen molar-refractivity contribution >= 4 is 24.5 Å².